The standard InChI is InChI=1S/C9H16F2N2O/c1-2-5-13(9(14)8(10)11)7-3-4-12-6-7/h7-8,12H,2-6H2,1H3. The van der Waals surface area contributed by atoms with E-state index in [0.717, 1.165) is 19.4 Å². The van der Waals surface area contributed by atoms with E-state index in [9.17, 15) is 13.6 Å². The van der Waals surface area contributed by atoms with Crippen molar-refractivity contribution in [2.24, 2.45) is 0 Å². The summed E-state index contributed by atoms with van der Waals surface area (Å²) in [5.74, 6) is -1.03. The van der Waals surface area contributed by atoms with E-state index in [1.807, 2.05) is 6.92 Å². The lowest BCUT2D eigenvalue weighted by molar-refractivity contribution is -0.145. The van der Waals surface area contributed by atoms with Crippen LogP contribution in [0.15, 0.2) is 0 Å². The molecule has 0 bridgehead atoms. The minimum Gasteiger partial charge on any atom is -0.333 e. The van der Waals surface area contributed by atoms with Crippen LogP contribution in [-0.2, 0) is 4.79 Å². The maximum atomic E-state index is 12.2. The monoisotopic (exact) mass is 206 g/mol. The van der Waals surface area contributed by atoms with Crippen molar-refractivity contribution in [3.63, 3.8) is 0 Å². The van der Waals surface area contributed by atoms with Gasteiger partial charge in [0.05, 0.1) is 0 Å². The molecule has 0 radical (unpaired) electrons. The van der Waals surface area contributed by atoms with Gasteiger partial charge in [0.1, 0.15) is 0 Å². The van der Waals surface area contributed by atoms with E-state index < -0.39 is 12.3 Å². The predicted octanol–water partition coefficient (Wildman–Crippen LogP) is 0.852. The third-order valence-corrected chi connectivity index (χ3v) is 2.41. The van der Waals surface area contributed by atoms with Gasteiger partial charge in [-0.1, -0.05) is 6.92 Å². The zero-order valence-corrected chi connectivity index (χ0v) is 8.30. The number of carbonyl (C=O) groups excluding carboxylic acids is 1. The number of amides is 1. The molecule has 82 valence electrons. The first-order valence-electron chi connectivity index (χ1n) is 4.96. The van der Waals surface area contributed by atoms with Crippen LogP contribution < -0.4 is 5.32 Å². The normalized spacial score (nSPS) is 21.6. The Hall–Kier alpha value is -0.710. The zero-order chi connectivity index (χ0) is 10.6. The molecule has 1 rings (SSSR count). The van der Waals surface area contributed by atoms with Crippen molar-refractivity contribution in [3.8, 4) is 0 Å². The van der Waals surface area contributed by atoms with Gasteiger partial charge in [0, 0.05) is 19.1 Å². The lowest BCUT2D eigenvalue weighted by Crippen LogP contribution is -2.44. The van der Waals surface area contributed by atoms with Crippen LogP contribution in [0.4, 0.5) is 8.78 Å². The highest BCUT2D eigenvalue weighted by molar-refractivity contribution is 5.79. The molecule has 0 aromatic carbocycles. The first-order chi connectivity index (χ1) is 6.66. The highest BCUT2D eigenvalue weighted by Crippen LogP contribution is 2.12. The Morgan fingerprint density at radius 1 is 1.64 bits per heavy atom. The van der Waals surface area contributed by atoms with Crippen LogP contribution in [0.5, 0.6) is 0 Å². The Balaban J connectivity index is 2.57. The average molecular weight is 206 g/mol. The van der Waals surface area contributed by atoms with Crippen molar-refractivity contribution in [3.05, 3.63) is 0 Å². The second-order valence-electron chi connectivity index (χ2n) is 3.48. The molecule has 1 N–H and O–H groups in total. The van der Waals surface area contributed by atoms with E-state index in [4.69, 9.17) is 0 Å². The van der Waals surface area contributed by atoms with Crippen LogP contribution in [-0.4, -0.2) is 42.9 Å². The lowest BCUT2D eigenvalue weighted by Gasteiger charge is -2.27. The molecule has 1 fully saturated rings. The molecule has 1 saturated heterocycles. The maximum absolute atomic E-state index is 12.2. The number of rotatable bonds is 4. The predicted molar refractivity (Wildman–Crippen MR) is 49.3 cm³/mol. The van der Waals surface area contributed by atoms with Gasteiger partial charge in [-0.15, -0.1) is 0 Å². The van der Waals surface area contributed by atoms with Gasteiger partial charge in [0.25, 0.3) is 5.91 Å². The van der Waals surface area contributed by atoms with E-state index in [2.05, 4.69) is 5.32 Å². The van der Waals surface area contributed by atoms with Gasteiger partial charge < -0.3 is 10.2 Å². The van der Waals surface area contributed by atoms with Gasteiger partial charge in [0.15, 0.2) is 0 Å². The third kappa shape index (κ3) is 2.64. The van der Waals surface area contributed by atoms with E-state index in [1.54, 1.807) is 0 Å². The third-order valence-electron chi connectivity index (χ3n) is 2.41. The highest BCUT2D eigenvalue weighted by Gasteiger charge is 2.30. The molecule has 1 heterocycles. The Morgan fingerprint density at radius 3 is 2.79 bits per heavy atom. The minimum absolute atomic E-state index is 0.0450. The van der Waals surface area contributed by atoms with Gasteiger partial charge in [-0.05, 0) is 19.4 Å². The SMILES string of the molecule is CCCN(C(=O)C(F)F)C1CCNC1. The highest BCUT2D eigenvalue weighted by atomic mass is 19.3. The summed E-state index contributed by atoms with van der Waals surface area (Å²) in [4.78, 5) is 12.5. The van der Waals surface area contributed by atoms with E-state index in [0.29, 0.717) is 13.1 Å². The van der Waals surface area contributed by atoms with Crippen molar-refractivity contribution >= 4 is 5.91 Å². The van der Waals surface area contributed by atoms with Crippen LogP contribution in [0, 0.1) is 0 Å². The summed E-state index contributed by atoms with van der Waals surface area (Å²) in [5.41, 5.74) is 0. The zero-order valence-electron chi connectivity index (χ0n) is 8.30. The molecular weight excluding hydrogens is 190 g/mol. The van der Waals surface area contributed by atoms with Crippen molar-refractivity contribution < 1.29 is 13.6 Å². The molecule has 0 saturated carbocycles. The fourth-order valence-corrected chi connectivity index (χ4v) is 1.74. The molecule has 0 aliphatic carbocycles. The number of alkyl halides is 2. The molecule has 1 aliphatic heterocycles. The fourth-order valence-electron chi connectivity index (χ4n) is 1.74. The number of halogens is 2. The first kappa shape index (κ1) is 11.4. The first-order valence-corrected chi connectivity index (χ1v) is 4.96. The quantitative estimate of drug-likeness (QED) is 0.739. The molecule has 3 nitrogen and oxygen atoms in total. The number of carbonyl (C=O) groups is 1. The summed E-state index contributed by atoms with van der Waals surface area (Å²) in [5, 5.41) is 3.07. The Bertz CT molecular complexity index is 193. The topological polar surface area (TPSA) is 32.3 Å². The van der Waals surface area contributed by atoms with E-state index in [-0.39, 0.29) is 6.04 Å². The molecule has 0 spiro atoms. The van der Waals surface area contributed by atoms with Crippen LogP contribution in [0.3, 0.4) is 0 Å². The number of nitrogens with one attached hydrogen (secondary N) is 1. The summed E-state index contributed by atoms with van der Waals surface area (Å²) < 4.78 is 24.5. The fraction of sp³-hybridized carbons (Fsp3) is 0.889. The lowest BCUT2D eigenvalue weighted by atomic mass is 10.2. The van der Waals surface area contributed by atoms with Crippen LogP contribution >= 0.6 is 0 Å². The molecule has 14 heavy (non-hydrogen) atoms. The number of hydrogen-bond acceptors (Lipinski definition) is 2. The average Bonchev–Trinajstić information content (AvgIpc) is 2.65. The van der Waals surface area contributed by atoms with Crippen molar-refractivity contribution in [2.45, 2.75) is 32.2 Å². The summed E-state index contributed by atoms with van der Waals surface area (Å²) in [6, 6.07) is -0.0450. The molecular formula is C9H16F2N2O. The smallest absolute Gasteiger partial charge is 0.315 e. The summed E-state index contributed by atoms with van der Waals surface area (Å²) in [7, 11) is 0. The summed E-state index contributed by atoms with van der Waals surface area (Å²) in [6.07, 6.45) is -1.38. The van der Waals surface area contributed by atoms with Crippen LogP contribution in [0.25, 0.3) is 0 Å². The Labute approximate surface area is 82.5 Å². The number of hydrogen-bond donors (Lipinski definition) is 1. The second kappa shape index (κ2) is 5.24. The van der Waals surface area contributed by atoms with Crippen LogP contribution in [0.2, 0.25) is 0 Å². The van der Waals surface area contributed by atoms with Crippen molar-refractivity contribution in [2.75, 3.05) is 19.6 Å². The van der Waals surface area contributed by atoms with Gasteiger partial charge >= 0.3 is 6.43 Å². The summed E-state index contributed by atoms with van der Waals surface area (Å²) in [6.45, 7) is 3.75. The molecule has 0 aromatic rings. The molecule has 1 aliphatic rings. The maximum Gasteiger partial charge on any atom is 0.315 e. The Morgan fingerprint density at radius 2 is 2.36 bits per heavy atom. The van der Waals surface area contributed by atoms with Gasteiger partial charge in [0.2, 0.25) is 0 Å². The van der Waals surface area contributed by atoms with Gasteiger partial charge in [-0.2, -0.15) is 8.78 Å². The van der Waals surface area contributed by atoms with Crippen molar-refractivity contribution in [1.29, 1.82) is 0 Å². The van der Waals surface area contributed by atoms with Gasteiger partial charge in [-0.25, -0.2) is 0 Å². The molecule has 1 amide bonds. The van der Waals surface area contributed by atoms with Crippen molar-refractivity contribution in [1.82, 2.24) is 10.2 Å². The molecule has 5 heteroatoms. The molecule has 1 unspecified atom stereocenters. The van der Waals surface area contributed by atoms with Crippen LogP contribution in [0.1, 0.15) is 19.8 Å². The van der Waals surface area contributed by atoms with E-state index >= 15 is 0 Å². The largest absolute Gasteiger partial charge is 0.333 e. The van der Waals surface area contributed by atoms with Gasteiger partial charge in [-0.3, -0.25) is 4.79 Å². The Kier molecular flexibility index (Phi) is 4.25. The minimum atomic E-state index is -2.87. The number of nitrogens with zero attached hydrogens (tertiary/aromatic N) is 1. The summed E-state index contributed by atoms with van der Waals surface area (Å²) >= 11 is 0. The second-order valence-corrected chi connectivity index (χ2v) is 3.48. The molecule has 1 atom stereocenters. The van der Waals surface area contributed by atoms with E-state index in [1.165, 1.54) is 4.90 Å². The molecule has 0 aromatic heterocycles.